The molecule has 0 amide bonds. The molecular weight excluding hydrogens is 396 g/mol. The maximum Gasteiger partial charge on any atom is 0.204 e. The van der Waals surface area contributed by atoms with Gasteiger partial charge >= 0.3 is 0 Å². The second kappa shape index (κ2) is 7.87. The summed E-state index contributed by atoms with van der Waals surface area (Å²) in [5, 5.41) is 31.7. The molecule has 2 aromatic carbocycles. The number of hydrogen-bond acceptors (Lipinski definition) is 6. The molecule has 4 rings (SSSR count). The zero-order valence-corrected chi connectivity index (χ0v) is 17.9. The first-order chi connectivity index (χ1) is 14.7. The molecule has 0 radical (unpaired) electrons. The highest BCUT2D eigenvalue weighted by Crippen LogP contribution is 2.44. The van der Waals surface area contributed by atoms with E-state index in [1.165, 1.54) is 6.07 Å². The van der Waals surface area contributed by atoms with Gasteiger partial charge in [-0.25, -0.2) is 0 Å². The molecule has 2 atom stereocenters. The molecule has 31 heavy (non-hydrogen) atoms. The van der Waals surface area contributed by atoms with Crippen LogP contribution in [0.2, 0.25) is 0 Å². The third kappa shape index (κ3) is 3.42. The fourth-order valence-corrected chi connectivity index (χ4v) is 4.14. The molecule has 6 heteroatoms. The Kier molecular flexibility index (Phi) is 5.37. The normalized spacial score (nSPS) is 18.0. The van der Waals surface area contributed by atoms with E-state index in [9.17, 15) is 20.1 Å². The molecule has 1 aromatic heterocycles. The molecular formula is C25H26O6. The Balaban J connectivity index is 2.12. The van der Waals surface area contributed by atoms with Gasteiger partial charge in [-0.05, 0) is 44.9 Å². The quantitative estimate of drug-likeness (QED) is 0.429. The van der Waals surface area contributed by atoms with Crippen molar-refractivity contribution in [2.24, 2.45) is 5.92 Å². The summed E-state index contributed by atoms with van der Waals surface area (Å²) in [6, 6.07) is 4.78. The van der Waals surface area contributed by atoms with Crippen LogP contribution in [-0.4, -0.2) is 21.9 Å². The number of benzene rings is 2. The Morgan fingerprint density at radius 3 is 2.61 bits per heavy atom. The summed E-state index contributed by atoms with van der Waals surface area (Å²) < 4.78 is 12.0. The van der Waals surface area contributed by atoms with Gasteiger partial charge in [0.05, 0.1) is 24.7 Å². The van der Waals surface area contributed by atoms with Crippen molar-refractivity contribution < 1.29 is 24.5 Å². The minimum absolute atomic E-state index is 0.0655. The van der Waals surface area contributed by atoms with Crippen molar-refractivity contribution in [3.05, 3.63) is 68.9 Å². The molecule has 1 aliphatic heterocycles. The third-order valence-electron chi connectivity index (χ3n) is 5.86. The number of phenolic OH excluding ortho intramolecular Hbond substituents is 1. The van der Waals surface area contributed by atoms with Crippen LogP contribution in [0.15, 0.2) is 51.2 Å². The molecule has 0 fully saturated rings. The summed E-state index contributed by atoms with van der Waals surface area (Å²) in [5.74, 6) is -0.307. The van der Waals surface area contributed by atoms with Crippen molar-refractivity contribution in [3.8, 4) is 11.5 Å². The van der Waals surface area contributed by atoms with Gasteiger partial charge < -0.3 is 24.5 Å². The van der Waals surface area contributed by atoms with Crippen LogP contribution >= 0.6 is 0 Å². The van der Waals surface area contributed by atoms with Crippen molar-refractivity contribution in [1.29, 1.82) is 0 Å². The molecule has 0 saturated carbocycles. The standard InChI is InChI=1S/C25H26O6/c1-12(2)5-6-14-7-8-17(27)19-23(29)20-18(31-25(14)19)9-15(10-26)24-21(20)22(28)16(11-30-24)13(3)4/h5,7-9,16,22,26-28H,3,6,10-11H2,1-2,4H3/t16-,22-/m1/s1. The summed E-state index contributed by atoms with van der Waals surface area (Å²) in [4.78, 5) is 13.6. The highest BCUT2D eigenvalue weighted by atomic mass is 16.5. The van der Waals surface area contributed by atoms with Crippen LogP contribution in [0, 0.1) is 5.92 Å². The molecule has 3 N–H and O–H groups in total. The Morgan fingerprint density at radius 1 is 1.23 bits per heavy atom. The van der Waals surface area contributed by atoms with Gasteiger partial charge in [-0.15, -0.1) is 0 Å². The van der Waals surface area contributed by atoms with Gasteiger partial charge in [-0.1, -0.05) is 29.9 Å². The number of ether oxygens (including phenoxy) is 1. The molecule has 0 saturated heterocycles. The van der Waals surface area contributed by atoms with E-state index in [2.05, 4.69) is 6.58 Å². The predicted molar refractivity (Wildman–Crippen MR) is 119 cm³/mol. The van der Waals surface area contributed by atoms with Crippen molar-refractivity contribution in [3.63, 3.8) is 0 Å². The second-order valence-corrected chi connectivity index (χ2v) is 8.38. The molecule has 162 valence electrons. The highest BCUT2D eigenvalue weighted by Gasteiger charge is 2.35. The lowest BCUT2D eigenvalue weighted by atomic mass is 9.85. The molecule has 3 aromatic rings. The van der Waals surface area contributed by atoms with E-state index in [-0.39, 0.29) is 46.6 Å². The number of allylic oxidation sites excluding steroid dienone is 2. The fraction of sp³-hybridized carbons (Fsp3) is 0.320. The smallest absolute Gasteiger partial charge is 0.204 e. The topological polar surface area (TPSA) is 100 Å². The summed E-state index contributed by atoms with van der Waals surface area (Å²) in [6.45, 7) is 9.53. The number of aromatic hydroxyl groups is 1. The monoisotopic (exact) mass is 422 g/mol. The van der Waals surface area contributed by atoms with Crippen LogP contribution in [0.1, 0.15) is 43.6 Å². The molecule has 2 heterocycles. The second-order valence-electron chi connectivity index (χ2n) is 8.38. The lowest BCUT2D eigenvalue weighted by Crippen LogP contribution is -2.28. The van der Waals surface area contributed by atoms with Gasteiger partial charge in [-0.3, -0.25) is 4.79 Å². The third-order valence-corrected chi connectivity index (χ3v) is 5.86. The highest BCUT2D eigenvalue weighted by molar-refractivity contribution is 5.97. The lowest BCUT2D eigenvalue weighted by Gasteiger charge is -2.32. The number of rotatable bonds is 4. The molecule has 0 unspecified atom stereocenters. The van der Waals surface area contributed by atoms with Crippen molar-refractivity contribution in [2.75, 3.05) is 6.61 Å². The van der Waals surface area contributed by atoms with Crippen LogP contribution in [-0.2, 0) is 13.0 Å². The molecule has 0 spiro atoms. The Bertz CT molecular complexity index is 1290. The lowest BCUT2D eigenvalue weighted by molar-refractivity contribution is 0.0690. The van der Waals surface area contributed by atoms with E-state index in [1.54, 1.807) is 19.1 Å². The average Bonchev–Trinajstić information content (AvgIpc) is 2.72. The van der Waals surface area contributed by atoms with Gasteiger partial charge in [0.25, 0.3) is 0 Å². The van der Waals surface area contributed by atoms with Gasteiger partial charge in [0.1, 0.15) is 28.1 Å². The van der Waals surface area contributed by atoms with E-state index < -0.39 is 17.5 Å². The Labute approximate surface area is 179 Å². The zero-order chi connectivity index (χ0) is 22.4. The maximum absolute atomic E-state index is 13.6. The van der Waals surface area contributed by atoms with Gasteiger partial charge in [0.2, 0.25) is 5.43 Å². The van der Waals surface area contributed by atoms with Crippen molar-refractivity contribution in [1.82, 2.24) is 0 Å². The minimum Gasteiger partial charge on any atom is -0.507 e. The largest absolute Gasteiger partial charge is 0.507 e. The van der Waals surface area contributed by atoms with E-state index >= 15 is 0 Å². The van der Waals surface area contributed by atoms with E-state index in [4.69, 9.17) is 9.15 Å². The maximum atomic E-state index is 13.6. The van der Waals surface area contributed by atoms with E-state index in [0.717, 1.165) is 16.7 Å². The van der Waals surface area contributed by atoms with Gasteiger partial charge in [-0.2, -0.15) is 0 Å². The molecule has 0 aliphatic carbocycles. The number of phenols is 1. The predicted octanol–water partition coefficient (Wildman–Crippen LogP) is 4.27. The number of aliphatic hydroxyl groups is 2. The summed E-state index contributed by atoms with van der Waals surface area (Å²) in [5.41, 5.74) is 3.37. The van der Waals surface area contributed by atoms with Crippen LogP contribution < -0.4 is 10.2 Å². The zero-order valence-electron chi connectivity index (χ0n) is 17.9. The minimum atomic E-state index is -1.05. The van der Waals surface area contributed by atoms with Crippen molar-refractivity contribution >= 4 is 21.9 Å². The van der Waals surface area contributed by atoms with E-state index in [1.807, 2.05) is 19.9 Å². The first kappa shape index (κ1) is 21.2. The van der Waals surface area contributed by atoms with Gasteiger partial charge in [0.15, 0.2) is 0 Å². The van der Waals surface area contributed by atoms with Crippen LogP contribution in [0.4, 0.5) is 0 Å². The number of fused-ring (bicyclic) bond motifs is 4. The Morgan fingerprint density at radius 2 is 1.97 bits per heavy atom. The number of hydrogen-bond donors (Lipinski definition) is 3. The SMILES string of the molecule is C=C(C)[C@H]1COc2c(CO)cc3oc4c(CC=C(C)C)ccc(O)c4c(=O)c3c2[C@@H]1O. The average molecular weight is 422 g/mol. The van der Waals surface area contributed by atoms with Crippen molar-refractivity contribution in [2.45, 2.75) is 39.9 Å². The number of aliphatic hydroxyl groups excluding tert-OH is 2. The molecule has 0 bridgehead atoms. The fourth-order valence-electron chi connectivity index (χ4n) is 4.14. The summed E-state index contributed by atoms with van der Waals surface area (Å²) in [6.07, 6.45) is 1.50. The Hall–Kier alpha value is -3.09. The first-order valence-corrected chi connectivity index (χ1v) is 10.2. The molecule has 1 aliphatic rings. The van der Waals surface area contributed by atoms with Crippen LogP contribution in [0.25, 0.3) is 21.9 Å². The van der Waals surface area contributed by atoms with Crippen LogP contribution in [0.3, 0.4) is 0 Å². The first-order valence-electron chi connectivity index (χ1n) is 10.2. The van der Waals surface area contributed by atoms with E-state index in [0.29, 0.717) is 17.6 Å². The molecule has 6 nitrogen and oxygen atoms in total. The summed E-state index contributed by atoms with van der Waals surface area (Å²) >= 11 is 0. The van der Waals surface area contributed by atoms with Gasteiger partial charge in [0, 0.05) is 17.0 Å². The summed E-state index contributed by atoms with van der Waals surface area (Å²) in [7, 11) is 0. The van der Waals surface area contributed by atoms with Crippen LogP contribution in [0.5, 0.6) is 11.5 Å².